The lowest BCUT2D eigenvalue weighted by Crippen LogP contribution is -2.45. The number of carbonyl (C=O) groups is 3. The number of urea groups is 1. The van der Waals surface area contributed by atoms with Crippen molar-refractivity contribution in [3.8, 4) is 0 Å². The molecule has 88 valence electrons. The van der Waals surface area contributed by atoms with Gasteiger partial charge in [-0.25, -0.2) is 9.79 Å². The molecule has 0 aliphatic carbocycles. The van der Waals surface area contributed by atoms with E-state index in [-0.39, 0.29) is 6.54 Å². The number of imide groups is 1. The van der Waals surface area contributed by atoms with Crippen LogP contribution in [0.3, 0.4) is 0 Å². The number of carbonyl (C=O) groups excluding carboxylic acids is 2. The van der Waals surface area contributed by atoms with Crippen molar-refractivity contribution in [3.05, 3.63) is 22.4 Å². The van der Waals surface area contributed by atoms with Crippen molar-refractivity contribution in [1.82, 2.24) is 4.90 Å². The van der Waals surface area contributed by atoms with E-state index in [2.05, 4.69) is 4.99 Å². The van der Waals surface area contributed by atoms with E-state index >= 15 is 0 Å². The number of carboxylic acid groups (broad SMARTS) is 1. The molecule has 7 heteroatoms. The van der Waals surface area contributed by atoms with Crippen molar-refractivity contribution in [3.63, 3.8) is 0 Å². The minimum Gasteiger partial charge on any atom is -0.480 e. The highest BCUT2D eigenvalue weighted by molar-refractivity contribution is 7.09. The molecular weight excluding hydrogens is 244 g/mol. The van der Waals surface area contributed by atoms with Crippen LogP contribution in [-0.4, -0.2) is 34.1 Å². The molecule has 1 aliphatic rings. The maximum atomic E-state index is 11.7. The lowest BCUT2D eigenvalue weighted by Gasteiger charge is -2.23. The van der Waals surface area contributed by atoms with Gasteiger partial charge in [0.2, 0.25) is 0 Å². The van der Waals surface area contributed by atoms with Gasteiger partial charge in [0.15, 0.2) is 5.92 Å². The van der Waals surface area contributed by atoms with E-state index in [0.717, 1.165) is 16.0 Å². The van der Waals surface area contributed by atoms with Gasteiger partial charge in [-0.05, 0) is 11.4 Å². The third kappa shape index (κ3) is 2.23. The Morgan fingerprint density at radius 1 is 1.53 bits per heavy atom. The Morgan fingerprint density at radius 2 is 2.29 bits per heavy atom. The predicted octanol–water partition coefficient (Wildman–Crippen LogP) is 0.982. The van der Waals surface area contributed by atoms with Gasteiger partial charge < -0.3 is 5.11 Å². The van der Waals surface area contributed by atoms with Crippen molar-refractivity contribution < 1.29 is 19.5 Å². The fourth-order valence-electron chi connectivity index (χ4n) is 1.41. The molecule has 17 heavy (non-hydrogen) atoms. The van der Waals surface area contributed by atoms with Crippen LogP contribution < -0.4 is 0 Å². The van der Waals surface area contributed by atoms with E-state index < -0.39 is 23.8 Å². The Labute approximate surface area is 100 Å². The van der Waals surface area contributed by atoms with Gasteiger partial charge in [-0.15, -0.1) is 11.3 Å². The van der Waals surface area contributed by atoms with Gasteiger partial charge >= 0.3 is 12.0 Å². The fourth-order valence-corrected chi connectivity index (χ4v) is 2.10. The van der Waals surface area contributed by atoms with Crippen LogP contribution in [0, 0.1) is 5.92 Å². The van der Waals surface area contributed by atoms with Crippen molar-refractivity contribution in [2.75, 3.05) is 0 Å². The molecule has 1 N–H and O–H groups in total. The number of aliphatic carboxylic acids is 1. The predicted molar refractivity (Wildman–Crippen MR) is 59.9 cm³/mol. The zero-order valence-corrected chi connectivity index (χ0v) is 9.38. The lowest BCUT2D eigenvalue weighted by molar-refractivity contribution is -0.146. The van der Waals surface area contributed by atoms with E-state index in [9.17, 15) is 14.4 Å². The molecule has 6 nitrogen and oxygen atoms in total. The minimum absolute atomic E-state index is 0.0659. The zero-order chi connectivity index (χ0) is 12.4. The fraction of sp³-hybridized carbons (Fsp3) is 0.200. The monoisotopic (exact) mass is 252 g/mol. The van der Waals surface area contributed by atoms with Crippen LogP contribution in [-0.2, 0) is 16.1 Å². The Kier molecular flexibility index (Phi) is 3.01. The highest BCUT2D eigenvalue weighted by Crippen LogP contribution is 2.17. The van der Waals surface area contributed by atoms with Crippen LogP contribution >= 0.6 is 11.3 Å². The Morgan fingerprint density at radius 3 is 2.88 bits per heavy atom. The summed E-state index contributed by atoms with van der Waals surface area (Å²) in [7, 11) is 0. The smallest absolute Gasteiger partial charge is 0.350 e. The van der Waals surface area contributed by atoms with Gasteiger partial charge in [0.05, 0.1) is 6.54 Å². The molecule has 1 unspecified atom stereocenters. The molecule has 1 aliphatic heterocycles. The Hall–Kier alpha value is -2.02. The van der Waals surface area contributed by atoms with Crippen LogP contribution in [0.2, 0.25) is 0 Å². The first-order valence-electron chi connectivity index (χ1n) is 4.74. The topological polar surface area (TPSA) is 87.0 Å². The van der Waals surface area contributed by atoms with Gasteiger partial charge in [0.25, 0.3) is 5.91 Å². The summed E-state index contributed by atoms with van der Waals surface area (Å²) < 4.78 is 0. The number of hydrogen-bond donors (Lipinski definition) is 1. The van der Waals surface area contributed by atoms with E-state index in [4.69, 9.17) is 5.11 Å². The molecule has 0 bridgehead atoms. The first-order chi connectivity index (χ1) is 8.09. The number of rotatable bonds is 3. The Balaban J connectivity index is 2.22. The van der Waals surface area contributed by atoms with E-state index in [1.165, 1.54) is 11.3 Å². The van der Waals surface area contributed by atoms with Gasteiger partial charge in [0.1, 0.15) is 0 Å². The maximum absolute atomic E-state index is 11.7. The third-order valence-corrected chi connectivity index (χ3v) is 3.12. The highest BCUT2D eigenvalue weighted by atomic mass is 32.1. The second-order valence-corrected chi connectivity index (χ2v) is 4.41. The summed E-state index contributed by atoms with van der Waals surface area (Å²) in [5.74, 6) is -3.42. The number of carboxylic acids is 1. The lowest BCUT2D eigenvalue weighted by atomic mass is 10.1. The van der Waals surface area contributed by atoms with Crippen LogP contribution in [0.15, 0.2) is 22.5 Å². The first-order valence-corrected chi connectivity index (χ1v) is 5.62. The molecule has 1 aromatic rings. The first kappa shape index (κ1) is 11.5. The quantitative estimate of drug-likeness (QED) is 0.812. The molecule has 0 spiro atoms. The molecule has 1 aromatic heterocycles. The van der Waals surface area contributed by atoms with Crippen molar-refractivity contribution in [2.45, 2.75) is 6.54 Å². The number of thiophene rings is 1. The summed E-state index contributed by atoms with van der Waals surface area (Å²) in [6.07, 6.45) is 0.873. The van der Waals surface area contributed by atoms with Crippen LogP contribution in [0.4, 0.5) is 4.79 Å². The van der Waals surface area contributed by atoms with Crippen LogP contribution in [0.5, 0.6) is 0 Å². The number of nitrogens with zero attached hydrogens (tertiary/aromatic N) is 2. The minimum atomic E-state index is -1.37. The van der Waals surface area contributed by atoms with Gasteiger partial charge in [-0.3, -0.25) is 14.5 Å². The highest BCUT2D eigenvalue weighted by Gasteiger charge is 2.36. The van der Waals surface area contributed by atoms with Crippen LogP contribution in [0.25, 0.3) is 0 Å². The zero-order valence-electron chi connectivity index (χ0n) is 8.57. The molecule has 2 rings (SSSR count). The molecule has 0 aromatic carbocycles. The molecule has 0 saturated heterocycles. The van der Waals surface area contributed by atoms with Crippen molar-refractivity contribution >= 4 is 35.5 Å². The van der Waals surface area contributed by atoms with Crippen molar-refractivity contribution in [2.24, 2.45) is 10.9 Å². The molecule has 2 heterocycles. The molecule has 0 saturated carbocycles. The normalized spacial score (nSPS) is 19.8. The summed E-state index contributed by atoms with van der Waals surface area (Å²) in [6, 6.07) is 2.83. The third-order valence-electron chi connectivity index (χ3n) is 2.26. The average molecular weight is 252 g/mol. The molecule has 1 atom stereocenters. The maximum Gasteiger partial charge on any atom is 0.350 e. The molecule has 0 radical (unpaired) electrons. The van der Waals surface area contributed by atoms with Gasteiger partial charge in [0, 0.05) is 11.1 Å². The van der Waals surface area contributed by atoms with Gasteiger partial charge in [-0.1, -0.05) is 6.07 Å². The van der Waals surface area contributed by atoms with Gasteiger partial charge in [-0.2, -0.15) is 0 Å². The van der Waals surface area contributed by atoms with E-state index in [1.54, 1.807) is 12.1 Å². The second-order valence-electron chi connectivity index (χ2n) is 3.38. The molecule has 0 fully saturated rings. The average Bonchev–Trinajstić information content (AvgIpc) is 2.76. The molecular formula is C10H8N2O4S. The van der Waals surface area contributed by atoms with E-state index in [0.29, 0.717) is 0 Å². The number of aliphatic imine (C=N–C) groups is 1. The number of amides is 3. The number of hydrogen-bond acceptors (Lipinski definition) is 4. The Bertz CT molecular complexity index is 494. The van der Waals surface area contributed by atoms with Crippen LogP contribution in [0.1, 0.15) is 4.88 Å². The summed E-state index contributed by atoms with van der Waals surface area (Å²) in [6.45, 7) is 0.0659. The van der Waals surface area contributed by atoms with Crippen molar-refractivity contribution in [1.29, 1.82) is 0 Å². The second kappa shape index (κ2) is 4.46. The van der Waals surface area contributed by atoms with E-state index in [1.807, 2.05) is 5.38 Å². The summed E-state index contributed by atoms with van der Waals surface area (Å²) in [5.41, 5.74) is 0. The molecule has 3 amide bonds. The summed E-state index contributed by atoms with van der Waals surface area (Å²) in [4.78, 5) is 39.0. The summed E-state index contributed by atoms with van der Waals surface area (Å²) >= 11 is 1.38. The standard InChI is InChI=1S/C10H8N2O4S/c13-8-7(9(14)15)4-11-10(16)12(8)5-6-2-1-3-17-6/h1-4,7H,5H2,(H,14,15). The summed E-state index contributed by atoms with van der Waals surface area (Å²) in [5, 5.41) is 10.6. The SMILES string of the molecule is O=C(O)C1C=NC(=O)N(Cc2cccs2)C1=O. The largest absolute Gasteiger partial charge is 0.480 e.